The molecular weight excluding hydrogens is 467 g/mol. The standard InChI is InChI=1S/C19H20N4O4S3.Na/c1-10-21-22-18(29-10)28-9-19(2)14(17(26)27)23-15(25)13(16(23)30-19)20-12(24)8-11-6-4-3-5-7-11;/h3-7,13-14,16H,8-9H2,1-2H3,(H,20,24)(H,26,27);/q;+1/p-1/t13?,14?,16-,19?;/m1./s1. The maximum absolute atomic E-state index is 12.7. The molecule has 2 fully saturated rings. The van der Waals surface area contributed by atoms with Gasteiger partial charge in [-0.15, -0.1) is 22.0 Å². The number of rotatable bonds is 7. The minimum absolute atomic E-state index is 0. The summed E-state index contributed by atoms with van der Waals surface area (Å²) in [7, 11) is 0. The molecule has 0 radical (unpaired) electrons. The first-order valence-corrected chi connectivity index (χ1v) is 11.9. The van der Waals surface area contributed by atoms with Crippen molar-refractivity contribution in [1.82, 2.24) is 20.4 Å². The van der Waals surface area contributed by atoms with E-state index in [1.54, 1.807) is 0 Å². The van der Waals surface area contributed by atoms with E-state index in [0.29, 0.717) is 5.75 Å². The molecule has 2 aliphatic rings. The number of hydrogen-bond donors (Lipinski definition) is 1. The summed E-state index contributed by atoms with van der Waals surface area (Å²) < 4.78 is -0.0258. The fourth-order valence-corrected chi connectivity index (χ4v) is 7.53. The SMILES string of the molecule is Cc1nnc(SCC2(C)S[C@@H]3C(NC(=O)Cc4ccccc4)C(=O)N3C2C(=O)[O-])s1.[Na+]. The number of carbonyl (C=O) groups is 3. The van der Waals surface area contributed by atoms with Crippen molar-refractivity contribution in [3.05, 3.63) is 40.9 Å². The van der Waals surface area contributed by atoms with Crippen LogP contribution in [0.1, 0.15) is 17.5 Å². The molecule has 8 nitrogen and oxygen atoms in total. The molecule has 0 bridgehead atoms. The first-order chi connectivity index (χ1) is 14.3. The van der Waals surface area contributed by atoms with E-state index in [9.17, 15) is 19.5 Å². The van der Waals surface area contributed by atoms with Gasteiger partial charge in [0.2, 0.25) is 11.8 Å². The average Bonchev–Trinajstić information content (AvgIpc) is 3.25. The van der Waals surface area contributed by atoms with E-state index >= 15 is 0 Å². The Hall–Kier alpha value is -1.11. The Morgan fingerprint density at radius 2 is 2.00 bits per heavy atom. The van der Waals surface area contributed by atoms with Crippen LogP contribution in [0.2, 0.25) is 0 Å². The van der Waals surface area contributed by atoms with Crippen LogP contribution < -0.4 is 40.0 Å². The Morgan fingerprint density at radius 3 is 2.61 bits per heavy atom. The molecule has 0 spiro atoms. The van der Waals surface area contributed by atoms with Crippen molar-refractivity contribution in [3.8, 4) is 0 Å². The number of amides is 2. The zero-order valence-corrected chi connectivity index (χ0v) is 21.7. The number of aromatic nitrogens is 2. The molecule has 1 aromatic carbocycles. The van der Waals surface area contributed by atoms with Crippen molar-refractivity contribution in [2.24, 2.45) is 0 Å². The Kier molecular flexibility index (Phi) is 7.75. The quantitative estimate of drug-likeness (QED) is 0.259. The van der Waals surface area contributed by atoms with Crippen LogP contribution >= 0.6 is 34.9 Å². The summed E-state index contributed by atoms with van der Waals surface area (Å²) in [5.41, 5.74) is 0.846. The second-order valence-electron chi connectivity index (χ2n) is 7.37. The molecule has 2 amide bonds. The molecular formula is C19H19N4NaO4S3. The van der Waals surface area contributed by atoms with Crippen LogP contribution in [-0.2, 0) is 20.8 Å². The van der Waals surface area contributed by atoms with E-state index in [1.165, 1.54) is 39.8 Å². The van der Waals surface area contributed by atoms with E-state index < -0.39 is 28.2 Å². The molecule has 3 unspecified atom stereocenters. The number of hydrogen-bond acceptors (Lipinski definition) is 9. The number of β-lactam (4-membered cyclic amide) rings is 1. The number of aryl methyl sites for hydroxylation is 1. The van der Waals surface area contributed by atoms with Gasteiger partial charge in [-0.05, 0) is 19.4 Å². The number of carboxylic acids is 1. The third-order valence-electron chi connectivity index (χ3n) is 5.06. The molecule has 12 heteroatoms. The van der Waals surface area contributed by atoms with Gasteiger partial charge in [0.25, 0.3) is 0 Å². The molecule has 2 aromatic rings. The van der Waals surface area contributed by atoms with Crippen LogP contribution in [0.15, 0.2) is 34.7 Å². The molecule has 2 aliphatic heterocycles. The number of nitrogens with zero attached hydrogens (tertiary/aromatic N) is 3. The van der Waals surface area contributed by atoms with Gasteiger partial charge in [0.1, 0.15) is 16.4 Å². The first kappa shape index (κ1) is 24.5. The van der Waals surface area contributed by atoms with E-state index in [2.05, 4.69) is 15.5 Å². The van der Waals surface area contributed by atoms with E-state index in [0.717, 1.165) is 14.9 Å². The van der Waals surface area contributed by atoms with E-state index in [4.69, 9.17) is 0 Å². The summed E-state index contributed by atoms with van der Waals surface area (Å²) >= 11 is 4.24. The topological polar surface area (TPSA) is 115 Å². The predicted molar refractivity (Wildman–Crippen MR) is 113 cm³/mol. The molecule has 4 atom stereocenters. The van der Waals surface area contributed by atoms with E-state index in [1.807, 2.05) is 44.2 Å². The second kappa shape index (κ2) is 9.80. The summed E-state index contributed by atoms with van der Waals surface area (Å²) in [5.74, 6) is -1.51. The maximum atomic E-state index is 12.7. The molecule has 1 aromatic heterocycles. The normalized spacial score (nSPS) is 26.6. The molecule has 0 aliphatic carbocycles. The van der Waals surface area contributed by atoms with Crippen LogP contribution in [0.25, 0.3) is 0 Å². The smallest absolute Gasteiger partial charge is 0.548 e. The average molecular weight is 487 g/mol. The summed E-state index contributed by atoms with van der Waals surface area (Å²) in [6.07, 6.45) is 0.162. The number of fused-ring (bicyclic) bond motifs is 1. The molecule has 2 saturated heterocycles. The minimum Gasteiger partial charge on any atom is -0.548 e. The Bertz CT molecular complexity index is 992. The van der Waals surface area contributed by atoms with Crippen LogP contribution in [0.4, 0.5) is 0 Å². The molecule has 0 saturated carbocycles. The summed E-state index contributed by atoms with van der Waals surface area (Å²) in [5, 5.41) is 23.1. The number of carboxylic acid groups (broad SMARTS) is 1. The predicted octanol–water partition coefficient (Wildman–Crippen LogP) is -2.54. The van der Waals surface area contributed by atoms with Gasteiger partial charge >= 0.3 is 29.6 Å². The van der Waals surface area contributed by atoms with Crippen molar-refractivity contribution in [1.29, 1.82) is 0 Å². The molecule has 3 heterocycles. The largest absolute Gasteiger partial charge is 1.00 e. The second-order valence-corrected chi connectivity index (χ2v) is 11.4. The molecule has 31 heavy (non-hydrogen) atoms. The fraction of sp³-hybridized carbons (Fsp3) is 0.421. The van der Waals surface area contributed by atoms with Crippen LogP contribution in [-0.4, -0.2) is 60.8 Å². The summed E-state index contributed by atoms with van der Waals surface area (Å²) in [4.78, 5) is 38.3. The fourth-order valence-electron chi connectivity index (χ4n) is 3.68. The van der Waals surface area contributed by atoms with Gasteiger partial charge in [-0.1, -0.05) is 53.4 Å². The summed E-state index contributed by atoms with van der Waals surface area (Å²) in [6.45, 7) is 3.67. The van der Waals surface area contributed by atoms with Gasteiger partial charge in [-0.2, -0.15) is 0 Å². The molecule has 158 valence electrons. The Morgan fingerprint density at radius 1 is 1.29 bits per heavy atom. The molecule has 4 rings (SSSR count). The number of thioether (sulfide) groups is 2. The van der Waals surface area contributed by atoms with Crippen molar-refractivity contribution >= 4 is 52.6 Å². The van der Waals surface area contributed by atoms with Crippen LogP contribution in [0.5, 0.6) is 0 Å². The first-order valence-electron chi connectivity index (χ1n) is 9.25. The van der Waals surface area contributed by atoms with Crippen molar-refractivity contribution < 1.29 is 49.0 Å². The maximum Gasteiger partial charge on any atom is 1.00 e. The van der Waals surface area contributed by atoms with Gasteiger partial charge < -0.3 is 20.1 Å². The van der Waals surface area contributed by atoms with Gasteiger partial charge in [-0.25, -0.2) is 0 Å². The van der Waals surface area contributed by atoms with Crippen molar-refractivity contribution in [3.63, 3.8) is 0 Å². The van der Waals surface area contributed by atoms with Gasteiger partial charge in [0, 0.05) is 5.75 Å². The third kappa shape index (κ3) is 4.96. The van der Waals surface area contributed by atoms with E-state index in [-0.39, 0.29) is 47.8 Å². The van der Waals surface area contributed by atoms with Gasteiger partial charge in [0.15, 0.2) is 4.34 Å². The van der Waals surface area contributed by atoms with Crippen molar-refractivity contribution in [2.75, 3.05) is 5.75 Å². The number of carbonyl (C=O) groups excluding carboxylic acids is 3. The number of benzene rings is 1. The summed E-state index contributed by atoms with van der Waals surface area (Å²) in [6, 6.07) is 7.44. The van der Waals surface area contributed by atoms with Gasteiger partial charge in [-0.3, -0.25) is 9.59 Å². The third-order valence-corrected chi connectivity index (χ3v) is 9.20. The number of nitrogens with one attached hydrogen (secondary N) is 1. The Labute approximate surface area is 214 Å². The van der Waals surface area contributed by atoms with Crippen molar-refractivity contribution in [2.45, 2.75) is 46.8 Å². The minimum atomic E-state index is -1.29. The monoisotopic (exact) mass is 486 g/mol. The van der Waals surface area contributed by atoms with Crippen LogP contribution in [0.3, 0.4) is 0 Å². The number of aliphatic carboxylic acids is 1. The zero-order chi connectivity index (χ0) is 21.5. The van der Waals surface area contributed by atoms with Crippen LogP contribution in [0, 0.1) is 6.92 Å². The zero-order valence-electron chi connectivity index (χ0n) is 17.2. The Balaban J connectivity index is 0.00000272. The molecule has 1 N–H and O–H groups in total. The van der Waals surface area contributed by atoms with Gasteiger partial charge in [0.05, 0.1) is 23.2 Å².